The van der Waals surface area contributed by atoms with Crippen molar-refractivity contribution in [1.82, 2.24) is 34.3 Å². The number of imide groups is 1. The predicted octanol–water partition coefficient (Wildman–Crippen LogP) is 5.29. The number of sulfonamides is 1. The number of benzene rings is 2. The van der Waals surface area contributed by atoms with E-state index in [9.17, 15) is 27.9 Å². The number of fused-ring (bicyclic) bond motifs is 2. The van der Waals surface area contributed by atoms with E-state index < -0.39 is 34.4 Å². The molecule has 4 aromatic rings. The van der Waals surface area contributed by atoms with Crippen molar-refractivity contribution in [2.75, 3.05) is 59.3 Å². The number of aromatic nitrogens is 4. The fourth-order valence-electron chi connectivity index (χ4n) is 10.6. The third-order valence-electron chi connectivity index (χ3n) is 14.4. The van der Waals surface area contributed by atoms with Crippen molar-refractivity contribution < 1.29 is 32.3 Å². The van der Waals surface area contributed by atoms with Crippen LogP contribution < -0.4 is 25.3 Å². The summed E-state index contributed by atoms with van der Waals surface area (Å²) in [5.41, 5.74) is 3.63. The van der Waals surface area contributed by atoms with Crippen LogP contribution in [0.4, 0.5) is 32.5 Å². The molecule has 66 heavy (non-hydrogen) atoms. The van der Waals surface area contributed by atoms with Gasteiger partial charge in [-0.2, -0.15) is 14.4 Å². The maximum Gasteiger partial charge on any atom is 0.329 e. The van der Waals surface area contributed by atoms with Crippen LogP contribution in [0.15, 0.2) is 53.6 Å². The van der Waals surface area contributed by atoms with Crippen molar-refractivity contribution in [1.29, 1.82) is 0 Å². The molecule has 19 heteroatoms. The Morgan fingerprint density at radius 3 is 2.50 bits per heavy atom. The molecule has 0 bridgehead atoms. The number of rotatable bonds is 10. The van der Waals surface area contributed by atoms with E-state index >= 15 is 4.39 Å². The number of aryl methyl sites for hydroxylation is 2. The van der Waals surface area contributed by atoms with Crippen molar-refractivity contribution in [3.8, 4) is 0 Å². The second-order valence-corrected chi connectivity index (χ2v) is 21.0. The minimum absolute atomic E-state index is 0.0259. The molecule has 4 aliphatic heterocycles. The van der Waals surface area contributed by atoms with Gasteiger partial charge < -0.3 is 15.3 Å². The van der Waals surface area contributed by atoms with E-state index in [4.69, 9.17) is 4.98 Å². The number of aliphatic hydroxyl groups is 1. The van der Waals surface area contributed by atoms with E-state index in [0.29, 0.717) is 37.3 Å². The van der Waals surface area contributed by atoms with Crippen molar-refractivity contribution in [2.24, 2.45) is 13.0 Å². The van der Waals surface area contributed by atoms with Gasteiger partial charge in [-0.3, -0.25) is 34.3 Å². The lowest BCUT2D eigenvalue weighted by atomic mass is 9.90. The predicted molar refractivity (Wildman–Crippen MR) is 250 cm³/mol. The van der Waals surface area contributed by atoms with Gasteiger partial charge in [0.1, 0.15) is 12.0 Å². The highest BCUT2D eigenvalue weighted by atomic mass is 32.2. The summed E-state index contributed by atoms with van der Waals surface area (Å²) in [6.07, 6.45) is 5.60. The van der Waals surface area contributed by atoms with Gasteiger partial charge in [-0.25, -0.2) is 22.6 Å². The van der Waals surface area contributed by atoms with Crippen LogP contribution in [0.2, 0.25) is 0 Å². The Balaban J connectivity index is 0.856. The van der Waals surface area contributed by atoms with Gasteiger partial charge in [0.15, 0.2) is 5.82 Å². The summed E-state index contributed by atoms with van der Waals surface area (Å²) in [4.78, 5) is 55.4. The Labute approximate surface area is 385 Å². The summed E-state index contributed by atoms with van der Waals surface area (Å²) in [6.45, 7) is 8.75. The summed E-state index contributed by atoms with van der Waals surface area (Å²) in [6, 6.07) is 11.9. The number of carbonyl (C=O) groups excluding carboxylic acids is 3. The molecule has 4 amide bonds. The number of amides is 4. The minimum atomic E-state index is -4.03. The number of anilines is 4. The molecule has 0 radical (unpaired) electrons. The number of piperidine rings is 1. The number of piperazine rings is 1. The van der Waals surface area contributed by atoms with Crippen molar-refractivity contribution >= 4 is 62.0 Å². The van der Waals surface area contributed by atoms with E-state index in [0.717, 1.165) is 73.0 Å². The summed E-state index contributed by atoms with van der Waals surface area (Å²) in [7, 11) is -2.18. The summed E-state index contributed by atoms with van der Waals surface area (Å²) in [5.74, 6) is 1.20. The molecule has 2 aromatic carbocycles. The van der Waals surface area contributed by atoms with Crippen molar-refractivity contribution in [3.63, 3.8) is 0 Å². The fraction of sp³-hybridized carbons (Fsp3) is 0.574. The van der Waals surface area contributed by atoms with Crippen LogP contribution >= 0.6 is 0 Å². The standard InChI is InChI=1S/C47H62FN11O6S/c1-29(2)41-28-55(21-22-57(41)33-15-16-37-40(25-33)54(4)53-45(37)58-20-18-42(61)51-47(58)63)30(3)31-10-7-13-36(23-31)66(64,65)56-19-17-39(38(48)27-56)50-46-49-26-32-9-5-6-14-43(62)59(44(32)52-46)34-11-8-12-35(60)24-34/h7,10,13,15-16,23,25-26,29-30,34-35,38-39,41,60H,5-6,8-9,11-12,14,17-22,24,27-28H2,1-4H3,(H,49,50,52)(H,51,61,63)/t30-,34+,35+,38+,39-,41-/m0/s1. The number of nitrogens with zero attached hydrogens (tertiary/aromatic N) is 9. The van der Waals surface area contributed by atoms with Crippen LogP contribution in [0.25, 0.3) is 10.9 Å². The molecule has 1 aliphatic carbocycles. The lowest BCUT2D eigenvalue weighted by Crippen LogP contribution is -2.55. The van der Waals surface area contributed by atoms with Gasteiger partial charge in [-0.15, -0.1) is 0 Å². The summed E-state index contributed by atoms with van der Waals surface area (Å²) >= 11 is 0. The zero-order chi connectivity index (χ0) is 46.4. The maximum absolute atomic E-state index is 16.1. The van der Waals surface area contributed by atoms with E-state index in [-0.39, 0.29) is 79.2 Å². The quantitative estimate of drug-likeness (QED) is 0.187. The first-order chi connectivity index (χ1) is 31.7. The largest absolute Gasteiger partial charge is 0.393 e. The molecule has 354 valence electrons. The second-order valence-electron chi connectivity index (χ2n) is 19.1. The molecule has 3 saturated heterocycles. The fourth-order valence-corrected chi connectivity index (χ4v) is 12.1. The van der Waals surface area contributed by atoms with Gasteiger partial charge in [-0.05, 0) is 100 Å². The van der Waals surface area contributed by atoms with Gasteiger partial charge in [0, 0.05) is 100 Å². The van der Waals surface area contributed by atoms with Crippen LogP contribution in [-0.4, -0.2) is 130 Å². The highest BCUT2D eigenvalue weighted by molar-refractivity contribution is 7.89. The monoisotopic (exact) mass is 927 g/mol. The molecule has 2 aromatic heterocycles. The molecule has 6 atom stereocenters. The Morgan fingerprint density at radius 2 is 1.73 bits per heavy atom. The zero-order valence-corrected chi connectivity index (χ0v) is 39.1. The molecule has 0 unspecified atom stereocenters. The first-order valence-electron chi connectivity index (χ1n) is 23.6. The highest BCUT2D eigenvalue weighted by Crippen LogP contribution is 2.36. The molecule has 17 nitrogen and oxygen atoms in total. The molecular weight excluding hydrogens is 866 g/mol. The van der Waals surface area contributed by atoms with Gasteiger partial charge in [-0.1, -0.05) is 26.0 Å². The number of hydrogen-bond donors (Lipinski definition) is 3. The van der Waals surface area contributed by atoms with E-state index in [1.165, 1.54) is 9.21 Å². The number of aliphatic hydroxyl groups excluding tert-OH is 1. The second kappa shape index (κ2) is 18.8. The number of hydrogen-bond acceptors (Lipinski definition) is 12. The zero-order valence-electron chi connectivity index (χ0n) is 38.3. The molecule has 0 spiro atoms. The first-order valence-corrected chi connectivity index (χ1v) is 25.1. The first kappa shape index (κ1) is 45.9. The molecule has 4 fully saturated rings. The molecule has 9 rings (SSSR count). The van der Waals surface area contributed by atoms with Crippen LogP contribution in [0, 0.1) is 5.92 Å². The third-order valence-corrected chi connectivity index (χ3v) is 16.3. The smallest absolute Gasteiger partial charge is 0.329 e. The Hall–Kier alpha value is -5.24. The SMILES string of the molecule is CC(C)[C@@H]1CN([C@@H](C)c2cccc(S(=O)(=O)N3CC[C@H](Nc4ncc5c(n4)N([C@@H]4CCC[C@@H](O)C4)C(=O)CCCC5)[C@H](F)C3)c2)CCN1c1ccc2c(N3CCC(=O)NC3=O)nn(C)c2c1. The van der Waals surface area contributed by atoms with Gasteiger partial charge in [0.25, 0.3) is 0 Å². The Morgan fingerprint density at radius 1 is 0.909 bits per heavy atom. The van der Waals surface area contributed by atoms with Gasteiger partial charge >= 0.3 is 6.03 Å². The van der Waals surface area contributed by atoms with Gasteiger partial charge in [0.2, 0.25) is 27.8 Å². The molecular formula is C47H62FN11O6S. The number of nitrogens with one attached hydrogen (secondary N) is 2. The average molecular weight is 928 g/mol. The molecule has 1 saturated carbocycles. The molecule has 5 aliphatic rings. The Bertz CT molecular complexity index is 2590. The van der Waals surface area contributed by atoms with Crippen molar-refractivity contribution in [2.45, 2.75) is 126 Å². The molecule has 6 heterocycles. The van der Waals surface area contributed by atoms with E-state index in [1.807, 2.05) is 19.2 Å². The van der Waals surface area contributed by atoms with Crippen LogP contribution in [0.1, 0.15) is 95.7 Å². The topological polar surface area (TPSA) is 189 Å². The summed E-state index contributed by atoms with van der Waals surface area (Å²) < 4.78 is 47.5. The lowest BCUT2D eigenvalue weighted by molar-refractivity contribution is -0.120. The number of alkyl halides is 1. The number of urea groups is 1. The number of carbonyl (C=O) groups is 3. The highest BCUT2D eigenvalue weighted by Gasteiger charge is 2.39. The number of halogens is 1. The maximum atomic E-state index is 16.1. The third kappa shape index (κ3) is 9.10. The molecule has 3 N–H and O–H groups in total. The minimum Gasteiger partial charge on any atom is -0.393 e. The lowest BCUT2D eigenvalue weighted by Gasteiger charge is -2.46. The Kier molecular flexibility index (Phi) is 13.1. The van der Waals surface area contributed by atoms with Crippen LogP contribution in [0.5, 0.6) is 0 Å². The van der Waals surface area contributed by atoms with Crippen molar-refractivity contribution in [3.05, 3.63) is 59.8 Å². The average Bonchev–Trinajstić information content (AvgIpc) is 3.62. The van der Waals surface area contributed by atoms with E-state index in [2.05, 4.69) is 63.4 Å². The van der Waals surface area contributed by atoms with Gasteiger partial charge in [0.05, 0.1) is 22.6 Å². The van der Waals surface area contributed by atoms with Crippen LogP contribution in [0.3, 0.4) is 0 Å². The summed E-state index contributed by atoms with van der Waals surface area (Å²) in [5, 5.41) is 21.5. The van der Waals surface area contributed by atoms with Crippen LogP contribution in [-0.2, 0) is 33.1 Å². The normalized spacial score (nSPS) is 25.7. The van der Waals surface area contributed by atoms with E-state index in [1.54, 1.807) is 34.0 Å².